The lowest BCUT2D eigenvalue weighted by Crippen LogP contribution is -2.26. The van der Waals surface area contributed by atoms with Gasteiger partial charge in [-0.25, -0.2) is 0 Å². The second-order valence-corrected chi connectivity index (χ2v) is 5.86. The van der Waals surface area contributed by atoms with Gasteiger partial charge in [0.2, 0.25) is 5.43 Å². The molecule has 0 fully saturated rings. The first-order valence-electron chi connectivity index (χ1n) is 7.23. The van der Waals surface area contributed by atoms with Crippen LogP contribution in [0, 0.1) is 0 Å². The molecule has 0 saturated carbocycles. The van der Waals surface area contributed by atoms with Crippen molar-refractivity contribution >= 4 is 33.4 Å². The van der Waals surface area contributed by atoms with Crippen molar-refractivity contribution in [2.75, 3.05) is 0 Å². The van der Waals surface area contributed by atoms with Crippen LogP contribution in [-0.4, -0.2) is 25.0 Å². The Bertz CT molecular complexity index is 1280. The Morgan fingerprint density at radius 1 is 1.08 bits per heavy atom. The quantitative estimate of drug-likeness (QED) is 0.454. The van der Waals surface area contributed by atoms with Crippen LogP contribution in [-0.2, 0) is 0 Å². The Balaban J connectivity index is 2.20. The third kappa shape index (κ3) is 2.25. The van der Waals surface area contributed by atoms with Crippen molar-refractivity contribution < 1.29 is 10.2 Å². The van der Waals surface area contributed by atoms with Crippen molar-refractivity contribution in [1.29, 1.82) is 0 Å². The largest absolute Gasteiger partial charge is 0.506 e. The van der Waals surface area contributed by atoms with E-state index in [1.54, 1.807) is 12.1 Å². The fourth-order valence-corrected chi connectivity index (χ4v) is 2.91. The molecule has 2 aromatic heterocycles. The molecule has 0 amide bonds. The zero-order valence-corrected chi connectivity index (χ0v) is 13.3. The van der Waals surface area contributed by atoms with Crippen molar-refractivity contribution in [1.82, 2.24) is 14.8 Å². The number of hydrogen-bond donors (Lipinski definition) is 3. The number of phenolic OH excluding ortho intramolecular Hbond substituents is 1. The van der Waals surface area contributed by atoms with Gasteiger partial charge in [-0.15, -0.1) is 5.10 Å². The Labute approximate surface area is 144 Å². The summed E-state index contributed by atoms with van der Waals surface area (Å²) in [7, 11) is 0. The molecule has 0 aliphatic carbocycles. The smallest absolute Gasteiger partial charge is 0.285 e. The molecule has 0 aliphatic rings. The Morgan fingerprint density at radius 2 is 1.84 bits per heavy atom. The first-order chi connectivity index (χ1) is 12.0. The molecular formula is C17H10ClN3O4. The number of aromatic hydroxyl groups is 2. The summed E-state index contributed by atoms with van der Waals surface area (Å²) in [5, 5.41) is 24.4. The summed E-state index contributed by atoms with van der Waals surface area (Å²) in [6.07, 6.45) is 0. The molecule has 4 rings (SSSR count). The second kappa shape index (κ2) is 5.35. The SMILES string of the molecule is O=c1c2ccc(Cl)cc2[nH]c2c(O)nn(-c3ccccc3O)c(=O)c12. The van der Waals surface area contributed by atoms with Gasteiger partial charge in [0.25, 0.3) is 11.4 Å². The third-order valence-corrected chi connectivity index (χ3v) is 4.13. The Kier molecular flexibility index (Phi) is 3.26. The van der Waals surface area contributed by atoms with Gasteiger partial charge in [-0.1, -0.05) is 23.7 Å². The summed E-state index contributed by atoms with van der Waals surface area (Å²) in [5.41, 5.74) is -0.974. The van der Waals surface area contributed by atoms with Gasteiger partial charge < -0.3 is 15.2 Å². The number of nitrogens with one attached hydrogen (secondary N) is 1. The van der Waals surface area contributed by atoms with Crippen LogP contribution in [0.4, 0.5) is 0 Å². The summed E-state index contributed by atoms with van der Waals surface area (Å²) in [6, 6.07) is 10.5. The van der Waals surface area contributed by atoms with E-state index in [9.17, 15) is 19.8 Å². The number of benzene rings is 2. The third-order valence-electron chi connectivity index (χ3n) is 3.90. The number of fused-ring (bicyclic) bond motifs is 2. The van der Waals surface area contributed by atoms with Crippen LogP contribution in [0.3, 0.4) is 0 Å². The maximum absolute atomic E-state index is 12.8. The minimum absolute atomic E-state index is 0.0558. The lowest BCUT2D eigenvalue weighted by molar-refractivity contribution is 0.437. The van der Waals surface area contributed by atoms with E-state index in [2.05, 4.69) is 10.1 Å². The molecule has 0 atom stereocenters. The minimum atomic E-state index is -0.757. The van der Waals surface area contributed by atoms with Crippen molar-refractivity contribution in [3.05, 3.63) is 68.1 Å². The van der Waals surface area contributed by atoms with E-state index in [4.69, 9.17) is 11.6 Å². The van der Waals surface area contributed by atoms with Gasteiger partial charge in [0.05, 0.1) is 5.52 Å². The van der Waals surface area contributed by atoms with Crippen LogP contribution in [0.15, 0.2) is 52.1 Å². The van der Waals surface area contributed by atoms with E-state index in [-0.39, 0.29) is 27.7 Å². The minimum Gasteiger partial charge on any atom is -0.506 e. The summed E-state index contributed by atoms with van der Waals surface area (Å²) < 4.78 is 0.796. The molecule has 0 spiro atoms. The molecule has 0 aliphatic heterocycles. The van der Waals surface area contributed by atoms with Gasteiger partial charge in [-0.2, -0.15) is 4.68 Å². The van der Waals surface area contributed by atoms with Crippen molar-refractivity contribution in [3.63, 3.8) is 0 Å². The summed E-state index contributed by atoms with van der Waals surface area (Å²) in [5.74, 6) is -0.753. The molecular weight excluding hydrogens is 346 g/mol. The van der Waals surface area contributed by atoms with Gasteiger partial charge >= 0.3 is 0 Å². The fourth-order valence-electron chi connectivity index (χ4n) is 2.74. The molecule has 4 aromatic rings. The molecule has 0 bridgehead atoms. The van der Waals surface area contributed by atoms with Gasteiger partial charge in [-0.3, -0.25) is 9.59 Å². The Morgan fingerprint density at radius 3 is 2.60 bits per heavy atom. The maximum atomic E-state index is 12.8. The highest BCUT2D eigenvalue weighted by molar-refractivity contribution is 6.31. The van der Waals surface area contributed by atoms with Crippen LogP contribution >= 0.6 is 11.6 Å². The summed E-state index contributed by atoms with van der Waals surface area (Å²) >= 11 is 5.92. The zero-order valence-electron chi connectivity index (χ0n) is 12.5. The van der Waals surface area contributed by atoms with Gasteiger partial charge in [0, 0.05) is 10.4 Å². The lowest BCUT2D eigenvalue weighted by Gasteiger charge is -2.09. The van der Waals surface area contributed by atoms with E-state index in [0.29, 0.717) is 10.5 Å². The average Bonchev–Trinajstić information content (AvgIpc) is 2.58. The number of phenols is 1. The van der Waals surface area contributed by atoms with Gasteiger partial charge in [-0.05, 0) is 30.3 Å². The van der Waals surface area contributed by atoms with Crippen molar-refractivity contribution in [2.45, 2.75) is 0 Å². The van der Waals surface area contributed by atoms with Crippen LogP contribution in [0.1, 0.15) is 0 Å². The standard InChI is InChI=1S/C17H10ClN3O4/c18-8-5-6-9-10(7-8)19-14-13(15(9)23)17(25)21(20-16(14)24)11-3-1-2-4-12(11)22/h1-7,22H,(H,19,23)(H,20,24). The molecule has 25 heavy (non-hydrogen) atoms. The Hall–Kier alpha value is -3.32. The molecule has 0 radical (unpaired) electrons. The summed E-state index contributed by atoms with van der Waals surface area (Å²) in [6.45, 7) is 0. The van der Waals surface area contributed by atoms with Gasteiger partial charge in [0.1, 0.15) is 22.3 Å². The molecule has 0 unspecified atom stereocenters. The number of halogens is 1. The number of para-hydroxylation sites is 2. The van der Waals surface area contributed by atoms with Crippen molar-refractivity contribution in [2.24, 2.45) is 0 Å². The number of nitrogens with zero attached hydrogens (tertiary/aromatic N) is 2. The van der Waals surface area contributed by atoms with Crippen LogP contribution < -0.4 is 11.0 Å². The number of pyridine rings is 1. The highest BCUT2D eigenvalue weighted by Gasteiger charge is 2.18. The molecule has 2 aromatic carbocycles. The molecule has 2 heterocycles. The van der Waals surface area contributed by atoms with Crippen LogP contribution in [0.2, 0.25) is 5.02 Å². The fraction of sp³-hybridized carbons (Fsp3) is 0. The van der Waals surface area contributed by atoms with E-state index in [0.717, 1.165) is 4.68 Å². The molecule has 7 nitrogen and oxygen atoms in total. The highest BCUT2D eigenvalue weighted by atomic mass is 35.5. The van der Waals surface area contributed by atoms with Crippen LogP contribution in [0.5, 0.6) is 11.6 Å². The highest BCUT2D eigenvalue weighted by Crippen LogP contribution is 2.23. The topological polar surface area (TPSA) is 108 Å². The molecule has 3 N–H and O–H groups in total. The number of aromatic amines is 1. The normalized spacial score (nSPS) is 11.2. The molecule has 8 heteroatoms. The monoisotopic (exact) mass is 355 g/mol. The molecule has 0 saturated heterocycles. The predicted octanol–water partition coefficient (Wildman–Crippen LogP) is 2.29. The van der Waals surface area contributed by atoms with Crippen LogP contribution in [0.25, 0.3) is 27.5 Å². The van der Waals surface area contributed by atoms with Crippen molar-refractivity contribution in [3.8, 4) is 17.3 Å². The van der Waals surface area contributed by atoms with E-state index < -0.39 is 16.9 Å². The second-order valence-electron chi connectivity index (χ2n) is 5.42. The number of hydrogen-bond acceptors (Lipinski definition) is 5. The average molecular weight is 356 g/mol. The predicted molar refractivity (Wildman–Crippen MR) is 93.8 cm³/mol. The number of aromatic nitrogens is 3. The van der Waals surface area contributed by atoms with E-state index in [1.807, 2.05) is 0 Å². The molecule has 124 valence electrons. The summed E-state index contributed by atoms with van der Waals surface area (Å²) in [4.78, 5) is 28.4. The lowest BCUT2D eigenvalue weighted by atomic mass is 10.1. The number of H-pyrrole nitrogens is 1. The van der Waals surface area contributed by atoms with Gasteiger partial charge in [0.15, 0.2) is 0 Å². The van der Waals surface area contributed by atoms with E-state index >= 15 is 0 Å². The maximum Gasteiger partial charge on any atom is 0.285 e. The first-order valence-corrected chi connectivity index (χ1v) is 7.61. The number of rotatable bonds is 1. The van der Waals surface area contributed by atoms with E-state index in [1.165, 1.54) is 30.3 Å². The zero-order chi connectivity index (χ0) is 17.7. The first kappa shape index (κ1) is 15.2.